The van der Waals surface area contributed by atoms with Crippen molar-refractivity contribution in [1.29, 1.82) is 0 Å². The van der Waals surface area contributed by atoms with E-state index in [9.17, 15) is 9.59 Å². The zero-order chi connectivity index (χ0) is 10.8. The van der Waals surface area contributed by atoms with E-state index in [4.69, 9.17) is 0 Å². The van der Waals surface area contributed by atoms with Crippen LogP contribution in [0.4, 0.5) is 0 Å². The quantitative estimate of drug-likeness (QED) is 0.662. The molecule has 1 unspecified atom stereocenters. The predicted octanol–water partition coefficient (Wildman–Crippen LogP) is 0.616. The molecule has 0 radical (unpaired) electrons. The lowest BCUT2D eigenvalue weighted by Gasteiger charge is -2.24. The van der Waals surface area contributed by atoms with Gasteiger partial charge in [0.15, 0.2) is 0 Å². The van der Waals surface area contributed by atoms with Crippen LogP contribution in [0.2, 0.25) is 0 Å². The predicted molar refractivity (Wildman–Crippen MR) is 54.7 cm³/mol. The van der Waals surface area contributed by atoms with Crippen LogP contribution in [0.3, 0.4) is 0 Å². The molecule has 1 saturated heterocycles. The minimum atomic E-state index is -0.254. The zero-order valence-electron chi connectivity index (χ0n) is 8.46. The van der Waals surface area contributed by atoms with Crippen molar-refractivity contribution in [3.8, 4) is 0 Å². The average Bonchev–Trinajstić information content (AvgIpc) is 2.56. The Hall–Kier alpha value is -1.84. The Balaban J connectivity index is 2.34. The van der Waals surface area contributed by atoms with Gasteiger partial charge in [0.1, 0.15) is 12.7 Å². The molecule has 15 heavy (non-hydrogen) atoms. The molecule has 1 atom stereocenters. The van der Waals surface area contributed by atoms with Crippen molar-refractivity contribution in [3.05, 3.63) is 35.9 Å². The fourth-order valence-corrected chi connectivity index (χ4v) is 1.85. The molecule has 0 N–H and O–H groups in total. The van der Waals surface area contributed by atoms with Crippen molar-refractivity contribution in [2.75, 3.05) is 13.6 Å². The van der Waals surface area contributed by atoms with Gasteiger partial charge in [-0.15, -0.1) is 0 Å². The summed E-state index contributed by atoms with van der Waals surface area (Å²) >= 11 is 0. The van der Waals surface area contributed by atoms with E-state index in [1.54, 1.807) is 11.9 Å². The minimum absolute atomic E-state index is 0.0315. The number of amides is 2. The number of carbonyl (C=O) groups is 2. The van der Waals surface area contributed by atoms with E-state index in [2.05, 4.69) is 0 Å². The highest BCUT2D eigenvalue weighted by Gasteiger charge is 2.35. The molecule has 0 spiro atoms. The second kappa shape index (κ2) is 3.73. The molecule has 1 heterocycles. The van der Waals surface area contributed by atoms with E-state index in [1.165, 1.54) is 4.90 Å². The topological polar surface area (TPSA) is 40.6 Å². The molecular weight excluding hydrogens is 192 g/mol. The van der Waals surface area contributed by atoms with Gasteiger partial charge in [-0.1, -0.05) is 30.3 Å². The van der Waals surface area contributed by atoms with Crippen LogP contribution >= 0.6 is 0 Å². The summed E-state index contributed by atoms with van der Waals surface area (Å²) in [5.74, 6) is -0.0315. The van der Waals surface area contributed by atoms with E-state index in [0.29, 0.717) is 0 Å². The second-order valence-electron chi connectivity index (χ2n) is 3.57. The fourth-order valence-electron chi connectivity index (χ4n) is 1.85. The normalized spacial score (nSPS) is 20.9. The second-order valence-corrected chi connectivity index (χ2v) is 3.57. The van der Waals surface area contributed by atoms with Gasteiger partial charge in [0.25, 0.3) is 0 Å². The van der Waals surface area contributed by atoms with Crippen LogP contribution < -0.4 is 0 Å². The third-order valence-electron chi connectivity index (χ3n) is 2.63. The standard InChI is InChI=1S/C11H12N2O2/c1-12-10(15)7-13(8-14)11(12)9-5-3-2-4-6-9/h2-6,8,11H,7H2,1H3. The Morgan fingerprint density at radius 1 is 1.33 bits per heavy atom. The number of hydrogen-bond donors (Lipinski definition) is 0. The molecule has 2 rings (SSSR count). The Bertz CT molecular complexity index is 377. The maximum absolute atomic E-state index is 11.5. The summed E-state index contributed by atoms with van der Waals surface area (Å²) in [6, 6.07) is 9.53. The van der Waals surface area contributed by atoms with E-state index in [-0.39, 0.29) is 18.6 Å². The van der Waals surface area contributed by atoms with Crippen LogP contribution in [0.1, 0.15) is 11.7 Å². The lowest BCUT2D eigenvalue weighted by Crippen LogP contribution is -2.28. The minimum Gasteiger partial charge on any atom is -0.320 e. The van der Waals surface area contributed by atoms with E-state index >= 15 is 0 Å². The van der Waals surface area contributed by atoms with Gasteiger partial charge in [-0.3, -0.25) is 9.59 Å². The fraction of sp³-hybridized carbons (Fsp3) is 0.273. The highest BCUT2D eigenvalue weighted by atomic mass is 16.2. The number of hydrogen-bond acceptors (Lipinski definition) is 2. The summed E-state index contributed by atoms with van der Waals surface area (Å²) < 4.78 is 0. The third-order valence-corrected chi connectivity index (χ3v) is 2.63. The van der Waals surface area contributed by atoms with Crippen molar-refractivity contribution < 1.29 is 9.59 Å². The Morgan fingerprint density at radius 3 is 2.60 bits per heavy atom. The average molecular weight is 204 g/mol. The Kier molecular flexibility index (Phi) is 2.41. The highest BCUT2D eigenvalue weighted by molar-refractivity contribution is 5.83. The first-order valence-corrected chi connectivity index (χ1v) is 4.75. The molecule has 0 aliphatic carbocycles. The van der Waals surface area contributed by atoms with Crippen molar-refractivity contribution in [2.24, 2.45) is 0 Å². The summed E-state index contributed by atoms with van der Waals surface area (Å²) in [5, 5.41) is 0. The van der Waals surface area contributed by atoms with Crippen molar-refractivity contribution in [3.63, 3.8) is 0 Å². The molecule has 2 amide bonds. The third kappa shape index (κ3) is 1.58. The molecule has 0 aromatic heterocycles. The molecule has 1 fully saturated rings. The number of carbonyl (C=O) groups excluding carboxylic acids is 2. The van der Waals surface area contributed by atoms with Crippen LogP contribution in [0, 0.1) is 0 Å². The monoisotopic (exact) mass is 204 g/mol. The molecule has 4 nitrogen and oxygen atoms in total. The Labute approximate surface area is 88.1 Å². The maximum atomic E-state index is 11.5. The number of nitrogens with zero attached hydrogens (tertiary/aromatic N) is 2. The molecule has 0 bridgehead atoms. The van der Waals surface area contributed by atoms with Crippen LogP contribution in [-0.2, 0) is 9.59 Å². The summed E-state index contributed by atoms with van der Waals surface area (Å²) in [6.45, 7) is 0.166. The number of benzene rings is 1. The first kappa shape index (κ1) is 9.71. The summed E-state index contributed by atoms with van der Waals surface area (Å²) in [6.07, 6.45) is 0.468. The lowest BCUT2D eigenvalue weighted by atomic mass is 10.1. The largest absolute Gasteiger partial charge is 0.320 e. The van der Waals surface area contributed by atoms with Gasteiger partial charge < -0.3 is 9.80 Å². The van der Waals surface area contributed by atoms with Gasteiger partial charge in [0.2, 0.25) is 12.3 Å². The molecule has 1 aromatic carbocycles. The zero-order valence-corrected chi connectivity index (χ0v) is 8.46. The number of likely N-dealkylation sites (N-methyl/N-ethyl adjacent to an activating group) is 1. The summed E-state index contributed by atoms with van der Waals surface area (Å²) in [7, 11) is 1.71. The molecular formula is C11H12N2O2. The molecule has 78 valence electrons. The molecule has 1 aliphatic rings. The van der Waals surface area contributed by atoms with Crippen LogP contribution in [0.5, 0.6) is 0 Å². The molecule has 1 aromatic rings. The van der Waals surface area contributed by atoms with Crippen molar-refractivity contribution >= 4 is 12.3 Å². The van der Waals surface area contributed by atoms with Crippen LogP contribution in [-0.4, -0.2) is 35.7 Å². The molecule has 0 saturated carbocycles. The molecule has 4 heteroatoms. The molecule has 1 aliphatic heterocycles. The van der Waals surface area contributed by atoms with E-state index in [1.807, 2.05) is 30.3 Å². The Morgan fingerprint density at radius 2 is 2.00 bits per heavy atom. The van der Waals surface area contributed by atoms with Gasteiger partial charge in [-0.25, -0.2) is 0 Å². The van der Waals surface area contributed by atoms with E-state index < -0.39 is 0 Å². The van der Waals surface area contributed by atoms with Gasteiger partial charge in [-0.2, -0.15) is 0 Å². The van der Waals surface area contributed by atoms with Gasteiger partial charge in [-0.05, 0) is 5.56 Å². The van der Waals surface area contributed by atoms with Gasteiger partial charge in [0, 0.05) is 7.05 Å². The van der Waals surface area contributed by atoms with Crippen LogP contribution in [0.25, 0.3) is 0 Å². The van der Waals surface area contributed by atoms with Crippen LogP contribution in [0.15, 0.2) is 30.3 Å². The summed E-state index contributed by atoms with van der Waals surface area (Å²) in [4.78, 5) is 25.4. The summed E-state index contributed by atoms with van der Waals surface area (Å²) in [5.41, 5.74) is 0.956. The smallest absolute Gasteiger partial charge is 0.243 e. The van der Waals surface area contributed by atoms with Crippen molar-refractivity contribution in [1.82, 2.24) is 9.80 Å². The lowest BCUT2D eigenvalue weighted by molar-refractivity contribution is -0.126. The van der Waals surface area contributed by atoms with E-state index in [0.717, 1.165) is 12.0 Å². The maximum Gasteiger partial charge on any atom is 0.243 e. The first-order valence-electron chi connectivity index (χ1n) is 4.75. The highest BCUT2D eigenvalue weighted by Crippen LogP contribution is 2.27. The SMILES string of the molecule is CN1C(=O)CN(C=O)C1c1ccccc1. The van der Waals surface area contributed by atoms with Gasteiger partial charge in [0.05, 0.1) is 0 Å². The number of rotatable bonds is 2. The first-order chi connectivity index (χ1) is 7.24. The van der Waals surface area contributed by atoms with Crippen molar-refractivity contribution in [2.45, 2.75) is 6.17 Å². The van der Waals surface area contributed by atoms with Gasteiger partial charge >= 0.3 is 0 Å².